The Bertz CT molecular complexity index is 1450. The molecule has 0 spiro atoms. The summed E-state index contributed by atoms with van der Waals surface area (Å²) < 4.78 is 39.6. The molecule has 2 saturated heterocycles. The lowest BCUT2D eigenvalue weighted by Crippen LogP contribution is -2.59. The van der Waals surface area contributed by atoms with Crippen molar-refractivity contribution in [1.29, 1.82) is 0 Å². The van der Waals surface area contributed by atoms with Gasteiger partial charge in [0.2, 0.25) is 15.9 Å². The van der Waals surface area contributed by atoms with E-state index in [0.717, 1.165) is 18.7 Å². The van der Waals surface area contributed by atoms with Crippen LogP contribution in [-0.4, -0.2) is 97.4 Å². The van der Waals surface area contributed by atoms with Crippen molar-refractivity contribution in [3.63, 3.8) is 0 Å². The van der Waals surface area contributed by atoms with Crippen molar-refractivity contribution in [2.24, 2.45) is 0 Å². The number of sulfonamides is 1. The lowest BCUT2D eigenvalue weighted by Gasteiger charge is -2.34. The molecule has 2 amide bonds. The van der Waals surface area contributed by atoms with E-state index in [1.54, 1.807) is 69.0 Å². The van der Waals surface area contributed by atoms with E-state index in [-0.39, 0.29) is 17.9 Å². The van der Waals surface area contributed by atoms with Crippen LogP contribution in [0.25, 0.3) is 0 Å². The van der Waals surface area contributed by atoms with Crippen molar-refractivity contribution >= 4 is 28.0 Å². The van der Waals surface area contributed by atoms with Crippen molar-refractivity contribution in [2.45, 2.75) is 76.0 Å². The van der Waals surface area contributed by atoms with Gasteiger partial charge in [-0.05, 0) is 84.3 Å². The maximum Gasteiger partial charge on any atom is 0.415 e. The van der Waals surface area contributed by atoms with Crippen molar-refractivity contribution < 1.29 is 32.3 Å². The van der Waals surface area contributed by atoms with Crippen LogP contribution in [0, 0.1) is 6.92 Å². The summed E-state index contributed by atoms with van der Waals surface area (Å²) in [5, 5.41) is 2.81. The van der Waals surface area contributed by atoms with Crippen molar-refractivity contribution in [3.8, 4) is 5.75 Å². The summed E-state index contributed by atoms with van der Waals surface area (Å²) in [7, 11) is -1.96. The van der Waals surface area contributed by atoms with Crippen LogP contribution in [0.3, 0.4) is 0 Å². The zero-order valence-electron chi connectivity index (χ0n) is 26.5. The predicted molar refractivity (Wildman–Crippen MR) is 166 cm³/mol. The Morgan fingerprint density at radius 2 is 1.57 bits per heavy atom. The molecule has 11 nitrogen and oxygen atoms in total. The van der Waals surface area contributed by atoms with E-state index < -0.39 is 45.2 Å². The fraction of sp³-hybridized carbons (Fsp3) is 0.531. The molecule has 1 N–H and O–H groups in total. The summed E-state index contributed by atoms with van der Waals surface area (Å²) in [5.41, 5.74) is -0.585. The lowest BCUT2D eigenvalue weighted by atomic mass is 9.97. The minimum absolute atomic E-state index is 0.0914. The summed E-state index contributed by atoms with van der Waals surface area (Å²) >= 11 is 0. The number of piperazine rings is 1. The van der Waals surface area contributed by atoms with E-state index in [1.165, 1.54) is 16.4 Å². The maximum absolute atomic E-state index is 13.8. The number of aryl methyl sites for hydroxylation is 1. The first-order chi connectivity index (χ1) is 20.6. The Morgan fingerprint density at radius 1 is 0.955 bits per heavy atom. The van der Waals surface area contributed by atoms with Gasteiger partial charge in [-0.2, -0.15) is 4.31 Å². The Morgan fingerprint density at radius 3 is 2.16 bits per heavy atom. The topological polar surface area (TPSA) is 126 Å². The van der Waals surface area contributed by atoms with E-state index in [1.807, 2.05) is 14.0 Å². The number of likely N-dealkylation sites (N-methyl/N-ethyl adjacent to an activating group) is 1. The summed E-state index contributed by atoms with van der Waals surface area (Å²) in [5.74, 6) is -0.837. The standard InChI is InChI=1S/C32H44N4O7S/c1-23-8-14-26(15-9-23)44(40,41)36-17-7-16-32(36,5)29(38)33-27(28(37)43-31(2,3)4)22-24-10-12-25(13-11-24)42-30(39)35-20-18-34(6)19-21-35/h8-15,27H,7,16-22H2,1-6H3,(H,33,38)/t27-,32-/m0/s1. The first-order valence-electron chi connectivity index (χ1n) is 15.0. The SMILES string of the molecule is Cc1ccc(S(=O)(=O)N2CCC[C@@]2(C)C(=O)N[C@@H](Cc2ccc(OC(=O)N3CCN(C)CC3)cc2)C(=O)OC(C)(C)C)cc1. The lowest BCUT2D eigenvalue weighted by molar-refractivity contribution is -0.159. The third kappa shape index (κ3) is 7.96. The van der Waals surface area contributed by atoms with Crippen molar-refractivity contribution in [2.75, 3.05) is 39.8 Å². The third-order valence-corrected chi connectivity index (χ3v) is 10.0. The molecular formula is C32H44N4O7S. The zero-order chi connectivity index (χ0) is 32.3. The average Bonchev–Trinajstić information content (AvgIpc) is 3.37. The Kier molecular flexibility index (Phi) is 10.1. The molecule has 0 aliphatic carbocycles. The second-order valence-electron chi connectivity index (χ2n) is 12.8. The number of nitrogens with one attached hydrogen (secondary N) is 1. The van der Waals surface area contributed by atoms with Gasteiger partial charge < -0.3 is 24.6 Å². The van der Waals surface area contributed by atoms with Gasteiger partial charge in [0.05, 0.1) is 4.90 Å². The highest BCUT2D eigenvalue weighted by Crippen LogP contribution is 2.35. The van der Waals surface area contributed by atoms with E-state index in [0.29, 0.717) is 37.2 Å². The zero-order valence-corrected chi connectivity index (χ0v) is 27.3. The Balaban J connectivity index is 1.50. The number of benzene rings is 2. The highest BCUT2D eigenvalue weighted by Gasteiger charge is 2.50. The van der Waals surface area contributed by atoms with E-state index in [2.05, 4.69) is 10.2 Å². The highest BCUT2D eigenvalue weighted by atomic mass is 32.2. The molecule has 0 radical (unpaired) electrons. The van der Waals surface area contributed by atoms with Crippen LogP contribution in [0.4, 0.5) is 4.79 Å². The van der Waals surface area contributed by atoms with Gasteiger partial charge in [0, 0.05) is 39.1 Å². The molecule has 2 aliphatic rings. The highest BCUT2D eigenvalue weighted by molar-refractivity contribution is 7.89. The first kappa shape index (κ1) is 33.4. The number of ether oxygens (including phenoxy) is 2. The van der Waals surface area contributed by atoms with Gasteiger partial charge >= 0.3 is 12.1 Å². The molecule has 2 fully saturated rings. The van der Waals surface area contributed by atoms with Gasteiger partial charge in [-0.3, -0.25) is 4.79 Å². The molecule has 0 bridgehead atoms. The van der Waals surface area contributed by atoms with E-state index in [9.17, 15) is 22.8 Å². The largest absolute Gasteiger partial charge is 0.458 e. The molecule has 240 valence electrons. The van der Waals surface area contributed by atoms with Crippen LogP contribution >= 0.6 is 0 Å². The number of amides is 2. The number of hydrogen-bond acceptors (Lipinski definition) is 8. The molecule has 12 heteroatoms. The third-order valence-electron chi connectivity index (χ3n) is 8.00. The Hall–Kier alpha value is -3.48. The predicted octanol–water partition coefficient (Wildman–Crippen LogP) is 3.35. The normalized spacial score (nSPS) is 20.6. The summed E-state index contributed by atoms with van der Waals surface area (Å²) in [6.45, 7) is 11.6. The minimum Gasteiger partial charge on any atom is -0.458 e. The van der Waals surface area contributed by atoms with Crippen LogP contribution < -0.4 is 10.1 Å². The molecule has 2 aromatic carbocycles. The number of esters is 1. The second kappa shape index (κ2) is 13.3. The van der Waals surface area contributed by atoms with Gasteiger partial charge in [0.25, 0.3) is 0 Å². The number of nitrogens with zero attached hydrogens (tertiary/aromatic N) is 3. The molecular weight excluding hydrogens is 584 g/mol. The Labute approximate surface area is 260 Å². The van der Waals surface area contributed by atoms with Crippen LogP contribution in [0.2, 0.25) is 0 Å². The summed E-state index contributed by atoms with van der Waals surface area (Å²) in [6.07, 6.45) is 0.479. The fourth-order valence-corrected chi connectivity index (χ4v) is 7.16. The van der Waals surface area contributed by atoms with Gasteiger partial charge in [0.1, 0.15) is 22.9 Å². The molecule has 4 rings (SSSR count). The van der Waals surface area contributed by atoms with Gasteiger partial charge in [-0.15, -0.1) is 0 Å². The average molecular weight is 629 g/mol. The second-order valence-corrected chi connectivity index (χ2v) is 14.7. The smallest absolute Gasteiger partial charge is 0.415 e. The van der Waals surface area contributed by atoms with Crippen LogP contribution in [0.1, 0.15) is 51.7 Å². The number of hydrogen-bond donors (Lipinski definition) is 1. The summed E-state index contributed by atoms with van der Waals surface area (Å²) in [6, 6.07) is 12.2. The molecule has 0 saturated carbocycles. The maximum atomic E-state index is 13.8. The van der Waals surface area contributed by atoms with Crippen LogP contribution in [0.15, 0.2) is 53.4 Å². The van der Waals surface area contributed by atoms with Gasteiger partial charge in [0.15, 0.2) is 0 Å². The quantitative estimate of drug-likeness (QED) is 0.442. The van der Waals surface area contributed by atoms with Gasteiger partial charge in [-0.1, -0.05) is 29.8 Å². The molecule has 2 heterocycles. The van der Waals surface area contributed by atoms with E-state index >= 15 is 0 Å². The van der Waals surface area contributed by atoms with E-state index in [4.69, 9.17) is 9.47 Å². The first-order valence-corrected chi connectivity index (χ1v) is 16.4. The fourth-order valence-electron chi connectivity index (χ4n) is 5.35. The van der Waals surface area contributed by atoms with Crippen LogP contribution in [-0.2, 0) is 30.8 Å². The van der Waals surface area contributed by atoms with Crippen molar-refractivity contribution in [3.05, 3.63) is 59.7 Å². The molecule has 0 unspecified atom stereocenters. The van der Waals surface area contributed by atoms with Crippen molar-refractivity contribution in [1.82, 2.24) is 19.4 Å². The number of carbonyl (C=O) groups excluding carboxylic acids is 3. The number of carbonyl (C=O) groups is 3. The monoisotopic (exact) mass is 628 g/mol. The molecule has 2 atom stereocenters. The minimum atomic E-state index is -3.97. The molecule has 0 aromatic heterocycles. The number of rotatable bonds is 8. The molecule has 2 aliphatic heterocycles. The summed E-state index contributed by atoms with van der Waals surface area (Å²) in [4.78, 5) is 43.6. The molecule has 44 heavy (non-hydrogen) atoms. The molecule has 2 aromatic rings. The van der Waals surface area contributed by atoms with Crippen LogP contribution in [0.5, 0.6) is 5.75 Å². The van der Waals surface area contributed by atoms with Gasteiger partial charge in [-0.25, -0.2) is 18.0 Å².